The van der Waals surface area contributed by atoms with Gasteiger partial charge in [0.2, 0.25) is 0 Å². The molecular formula is C37H55ClN6S. The number of anilines is 3. The molecule has 0 radical (unpaired) electrons. The Labute approximate surface area is 282 Å². The summed E-state index contributed by atoms with van der Waals surface area (Å²) in [4.78, 5) is 12.4. The van der Waals surface area contributed by atoms with Gasteiger partial charge in [-0.05, 0) is 73.8 Å². The maximum Gasteiger partial charge on any atom is 0.158 e. The van der Waals surface area contributed by atoms with Gasteiger partial charge in [-0.2, -0.15) is 0 Å². The predicted octanol–water partition coefficient (Wildman–Crippen LogP) is 9.72. The number of nitrogens with two attached hydrogens (primary N) is 2. The number of nitrogen functional groups attached to an aromatic ring is 1. The van der Waals surface area contributed by atoms with Gasteiger partial charge in [0, 0.05) is 30.1 Å². The van der Waals surface area contributed by atoms with E-state index in [0.717, 1.165) is 73.7 Å². The van der Waals surface area contributed by atoms with Crippen LogP contribution in [0.3, 0.4) is 0 Å². The SMILES string of the molecule is C=CC(=C)CC.CC.CCc1c(CNc2cccc(Sc3ncc(N4CCC(C)(N)CC4)nc3N)c2Cl)cccc1CC(C)C. The van der Waals surface area contributed by atoms with Gasteiger partial charge in [-0.1, -0.05) is 114 Å². The van der Waals surface area contributed by atoms with E-state index < -0.39 is 0 Å². The first-order valence-electron chi connectivity index (χ1n) is 16.2. The van der Waals surface area contributed by atoms with Gasteiger partial charge in [-0.25, -0.2) is 9.97 Å². The number of piperidine rings is 1. The lowest BCUT2D eigenvalue weighted by Gasteiger charge is -2.37. The van der Waals surface area contributed by atoms with Crippen molar-refractivity contribution >= 4 is 40.7 Å². The number of rotatable bonds is 11. The van der Waals surface area contributed by atoms with Crippen LogP contribution >= 0.6 is 23.4 Å². The molecule has 1 aliphatic heterocycles. The van der Waals surface area contributed by atoms with Crippen molar-refractivity contribution in [1.29, 1.82) is 0 Å². The molecule has 5 N–H and O–H groups in total. The molecule has 246 valence electrons. The van der Waals surface area contributed by atoms with Crippen molar-refractivity contribution in [3.8, 4) is 0 Å². The van der Waals surface area contributed by atoms with Gasteiger partial charge in [0.15, 0.2) is 5.82 Å². The summed E-state index contributed by atoms with van der Waals surface area (Å²) in [5.41, 5.74) is 18.7. The molecule has 2 aromatic carbocycles. The molecule has 0 saturated carbocycles. The zero-order chi connectivity index (χ0) is 33.6. The fraction of sp³-hybridized carbons (Fsp3) is 0.459. The van der Waals surface area contributed by atoms with Crippen LogP contribution in [0, 0.1) is 5.92 Å². The van der Waals surface area contributed by atoms with Gasteiger partial charge in [-0.15, -0.1) is 0 Å². The van der Waals surface area contributed by atoms with E-state index in [9.17, 15) is 0 Å². The van der Waals surface area contributed by atoms with Crippen LogP contribution in [-0.4, -0.2) is 28.6 Å². The summed E-state index contributed by atoms with van der Waals surface area (Å²) >= 11 is 8.28. The number of allylic oxidation sites excluding steroid dienone is 2. The van der Waals surface area contributed by atoms with Crippen molar-refractivity contribution in [2.75, 3.05) is 29.0 Å². The van der Waals surface area contributed by atoms with E-state index in [1.165, 1.54) is 28.5 Å². The van der Waals surface area contributed by atoms with Gasteiger partial charge in [0.1, 0.15) is 10.8 Å². The molecule has 2 heterocycles. The Morgan fingerprint density at radius 3 is 2.33 bits per heavy atom. The normalized spacial score (nSPS) is 13.7. The van der Waals surface area contributed by atoms with Crippen molar-refractivity contribution in [1.82, 2.24) is 9.97 Å². The lowest BCUT2D eigenvalue weighted by atomic mass is 9.91. The van der Waals surface area contributed by atoms with Crippen molar-refractivity contribution in [3.05, 3.63) is 89.1 Å². The molecule has 1 fully saturated rings. The maximum atomic E-state index is 6.84. The lowest BCUT2D eigenvalue weighted by molar-refractivity contribution is 0.363. The van der Waals surface area contributed by atoms with Crippen molar-refractivity contribution in [3.63, 3.8) is 0 Å². The van der Waals surface area contributed by atoms with Crippen LogP contribution in [0.15, 0.2) is 77.3 Å². The molecule has 1 aliphatic rings. The highest BCUT2D eigenvalue weighted by Gasteiger charge is 2.27. The summed E-state index contributed by atoms with van der Waals surface area (Å²) in [6, 6.07) is 12.6. The van der Waals surface area contributed by atoms with E-state index in [2.05, 4.69) is 86.2 Å². The largest absolute Gasteiger partial charge is 0.381 e. The molecule has 0 aliphatic carbocycles. The number of halogens is 1. The fourth-order valence-electron chi connectivity index (χ4n) is 4.96. The second kappa shape index (κ2) is 18.8. The number of aromatic nitrogens is 2. The van der Waals surface area contributed by atoms with Crippen molar-refractivity contribution in [2.45, 2.75) is 103 Å². The van der Waals surface area contributed by atoms with E-state index in [0.29, 0.717) is 21.8 Å². The second-order valence-electron chi connectivity index (χ2n) is 11.9. The van der Waals surface area contributed by atoms with Gasteiger partial charge in [0.25, 0.3) is 0 Å². The number of benzene rings is 2. The van der Waals surface area contributed by atoms with Crippen LogP contribution in [0.1, 0.15) is 84.4 Å². The highest BCUT2D eigenvalue weighted by molar-refractivity contribution is 7.99. The van der Waals surface area contributed by atoms with Gasteiger partial charge < -0.3 is 21.7 Å². The average molecular weight is 651 g/mol. The Morgan fingerprint density at radius 1 is 1.13 bits per heavy atom. The molecule has 1 saturated heterocycles. The molecule has 0 unspecified atom stereocenters. The standard InChI is InChI=1S/C29H39ClN6S.C6H10.C2H6/c1-5-22-20(16-19(2)3)8-6-9-21(22)17-33-23-10-7-11-24(26(23)30)37-28-27(31)35-25(18-34-28)36-14-12-29(4,32)13-15-36;1-4-6(3)5-2;1-2/h6-11,18-19,33H,5,12-17,32H2,1-4H3,(H2,31,35);4H,1,3,5H2,2H3;1-2H3. The summed E-state index contributed by atoms with van der Waals surface area (Å²) in [7, 11) is 0. The summed E-state index contributed by atoms with van der Waals surface area (Å²) in [6.45, 7) is 24.6. The zero-order valence-electron chi connectivity index (χ0n) is 28.5. The Morgan fingerprint density at radius 2 is 1.78 bits per heavy atom. The minimum Gasteiger partial charge on any atom is -0.381 e. The lowest BCUT2D eigenvalue weighted by Crippen LogP contribution is -2.48. The van der Waals surface area contributed by atoms with E-state index in [4.69, 9.17) is 23.1 Å². The maximum absolute atomic E-state index is 6.84. The number of nitrogens with zero attached hydrogens (tertiary/aromatic N) is 3. The Hall–Kier alpha value is -3.00. The predicted molar refractivity (Wildman–Crippen MR) is 199 cm³/mol. The molecule has 1 aromatic heterocycles. The van der Waals surface area contributed by atoms with Crippen molar-refractivity contribution < 1.29 is 0 Å². The molecular weight excluding hydrogens is 596 g/mol. The zero-order valence-corrected chi connectivity index (χ0v) is 30.1. The van der Waals surface area contributed by atoms with Gasteiger partial charge >= 0.3 is 0 Å². The average Bonchev–Trinajstić information content (AvgIpc) is 3.03. The van der Waals surface area contributed by atoms with Gasteiger partial charge in [-0.3, -0.25) is 0 Å². The summed E-state index contributed by atoms with van der Waals surface area (Å²) in [5, 5.41) is 4.87. The molecule has 8 heteroatoms. The first-order valence-corrected chi connectivity index (χ1v) is 17.4. The summed E-state index contributed by atoms with van der Waals surface area (Å²) in [5.74, 6) is 1.83. The third-order valence-corrected chi connectivity index (χ3v) is 9.30. The van der Waals surface area contributed by atoms with E-state index in [-0.39, 0.29) is 5.54 Å². The second-order valence-corrected chi connectivity index (χ2v) is 13.3. The first-order chi connectivity index (χ1) is 21.5. The van der Waals surface area contributed by atoms with Crippen molar-refractivity contribution in [2.24, 2.45) is 11.7 Å². The fourth-order valence-corrected chi connectivity index (χ4v) is 6.08. The molecule has 0 amide bonds. The molecule has 6 nitrogen and oxygen atoms in total. The molecule has 0 spiro atoms. The Balaban J connectivity index is 0.000000790. The molecule has 3 aromatic rings. The smallest absolute Gasteiger partial charge is 0.158 e. The molecule has 0 bridgehead atoms. The summed E-state index contributed by atoms with van der Waals surface area (Å²) < 4.78 is 0. The van der Waals surface area contributed by atoms with Crippen LogP contribution < -0.4 is 21.7 Å². The number of hydrogen-bond donors (Lipinski definition) is 3. The van der Waals surface area contributed by atoms with Crippen LogP contribution in [0.5, 0.6) is 0 Å². The minimum absolute atomic E-state index is 0.115. The van der Waals surface area contributed by atoms with Crippen LogP contribution in [-0.2, 0) is 19.4 Å². The molecule has 0 atom stereocenters. The minimum atomic E-state index is -0.115. The molecule has 4 rings (SSSR count). The van der Waals surface area contributed by atoms with Gasteiger partial charge in [0.05, 0.1) is 16.9 Å². The third-order valence-electron chi connectivity index (χ3n) is 7.71. The van der Waals surface area contributed by atoms with Crippen LogP contribution in [0.2, 0.25) is 5.02 Å². The third kappa shape index (κ3) is 11.7. The van der Waals surface area contributed by atoms with Crippen LogP contribution in [0.25, 0.3) is 0 Å². The van der Waals surface area contributed by atoms with E-state index >= 15 is 0 Å². The highest BCUT2D eigenvalue weighted by Crippen LogP contribution is 2.39. The monoisotopic (exact) mass is 650 g/mol. The Bertz CT molecular complexity index is 1380. The highest BCUT2D eigenvalue weighted by atomic mass is 35.5. The molecule has 45 heavy (non-hydrogen) atoms. The first kappa shape index (κ1) is 38.2. The number of hydrogen-bond acceptors (Lipinski definition) is 7. The summed E-state index contributed by atoms with van der Waals surface area (Å²) in [6.07, 6.45) is 8.54. The Kier molecular flexibility index (Phi) is 16.0. The van der Waals surface area contributed by atoms with E-state index in [1.54, 1.807) is 12.3 Å². The van der Waals surface area contributed by atoms with E-state index in [1.807, 2.05) is 32.0 Å². The quantitative estimate of drug-likeness (QED) is 0.178. The topological polar surface area (TPSA) is 93.1 Å². The van der Waals surface area contributed by atoms with Crippen LogP contribution in [0.4, 0.5) is 17.3 Å². The number of nitrogens with one attached hydrogen (secondary N) is 1.